The van der Waals surface area contributed by atoms with Crippen LogP contribution in [0.25, 0.3) is 0 Å². The molecule has 0 N–H and O–H groups in total. The molecule has 6 heteroatoms. The van der Waals surface area contributed by atoms with E-state index in [0.717, 1.165) is 21.3 Å². The number of hydrogen-bond acceptors (Lipinski definition) is 3. The molecule has 0 fully saturated rings. The second-order valence-electron chi connectivity index (χ2n) is 4.39. The van der Waals surface area contributed by atoms with Crippen LogP contribution in [-0.4, -0.2) is 22.8 Å². The van der Waals surface area contributed by atoms with E-state index in [4.69, 9.17) is 23.2 Å². The van der Waals surface area contributed by atoms with Crippen LogP contribution in [0.4, 0.5) is 0 Å². The van der Waals surface area contributed by atoms with Gasteiger partial charge in [-0.05, 0) is 30.7 Å². The van der Waals surface area contributed by atoms with Crippen LogP contribution in [0.5, 0.6) is 0 Å². The highest BCUT2D eigenvalue weighted by Crippen LogP contribution is 2.23. The summed E-state index contributed by atoms with van der Waals surface area (Å²) < 4.78 is 0.723. The van der Waals surface area contributed by atoms with Gasteiger partial charge in [-0.1, -0.05) is 30.1 Å². The van der Waals surface area contributed by atoms with Gasteiger partial charge in [0.1, 0.15) is 5.15 Å². The molecule has 0 radical (unpaired) electrons. The number of carbonyl (C=O) groups is 1. The first-order valence-corrected chi connectivity index (χ1v) is 7.73. The van der Waals surface area contributed by atoms with E-state index in [1.54, 1.807) is 24.1 Å². The van der Waals surface area contributed by atoms with Gasteiger partial charge < -0.3 is 4.90 Å². The van der Waals surface area contributed by atoms with E-state index in [1.807, 2.05) is 19.1 Å². The van der Waals surface area contributed by atoms with Crippen LogP contribution in [0.2, 0.25) is 9.49 Å². The predicted molar refractivity (Wildman–Crippen MR) is 83.8 cm³/mol. The van der Waals surface area contributed by atoms with Crippen LogP contribution in [0.3, 0.4) is 0 Å². The average molecular weight is 329 g/mol. The summed E-state index contributed by atoms with van der Waals surface area (Å²) in [5.41, 5.74) is 1.38. The Balaban J connectivity index is 2.15. The number of halogens is 2. The fourth-order valence-corrected chi connectivity index (χ4v) is 3.19. The van der Waals surface area contributed by atoms with Crippen LogP contribution in [-0.2, 0) is 13.0 Å². The van der Waals surface area contributed by atoms with Crippen molar-refractivity contribution in [2.45, 2.75) is 19.9 Å². The fraction of sp³-hybridized carbons (Fsp3) is 0.286. The van der Waals surface area contributed by atoms with Crippen LogP contribution in [0, 0.1) is 0 Å². The molecule has 1 amide bonds. The Morgan fingerprint density at radius 1 is 1.35 bits per heavy atom. The molecule has 2 rings (SSSR count). The molecule has 0 saturated carbocycles. The number of carbonyl (C=O) groups excluding carboxylic acids is 1. The summed E-state index contributed by atoms with van der Waals surface area (Å²) in [7, 11) is 1.76. The Hall–Kier alpha value is -1.10. The highest BCUT2D eigenvalue weighted by Gasteiger charge is 2.14. The van der Waals surface area contributed by atoms with Gasteiger partial charge in [-0.3, -0.25) is 4.79 Å². The quantitative estimate of drug-likeness (QED) is 0.784. The maximum atomic E-state index is 12.4. The van der Waals surface area contributed by atoms with Crippen molar-refractivity contribution >= 4 is 40.4 Å². The normalized spacial score (nSPS) is 10.6. The molecule has 0 aromatic carbocycles. The van der Waals surface area contributed by atoms with E-state index >= 15 is 0 Å². The summed E-state index contributed by atoms with van der Waals surface area (Å²) in [5, 5.41) is 0.347. The summed E-state index contributed by atoms with van der Waals surface area (Å²) in [6, 6.07) is 7.14. The first-order chi connectivity index (χ1) is 9.49. The lowest BCUT2D eigenvalue weighted by Crippen LogP contribution is -2.26. The minimum absolute atomic E-state index is 0.0754. The van der Waals surface area contributed by atoms with Gasteiger partial charge in [-0.25, -0.2) is 4.98 Å². The van der Waals surface area contributed by atoms with E-state index in [2.05, 4.69) is 4.98 Å². The first-order valence-electron chi connectivity index (χ1n) is 6.15. The SMILES string of the molecule is CCc1cc(C(=O)N(C)Cc2ccc(Cl)s2)cc(Cl)n1. The minimum atomic E-state index is -0.0754. The maximum Gasteiger partial charge on any atom is 0.254 e. The number of pyridine rings is 1. The zero-order chi connectivity index (χ0) is 14.7. The molecule has 0 spiro atoms. The van der Waals surface area contributed by atoms with Crippen molar-refractivity contribution in [1.82, 2.24) is 9.88 Å². The number of hydrogen-bond donors (Lipinski definition) is 0. The summed E-state index contributed by atoms with van der Waals surface area (Å²) in [4.78, 5) is 19.2. The van der Waals surface area contributed by atoms with Crippen molar-refractivity contribution in [3.63, 3.8) is 0 Å². The Morgan fingerprint density at radius 2 is 2.10 bits per heavy atom. The summed E-state index contributed by atoms with van der Waals surface area (Å²) in [6.45, 7) is 2.50. The molecule has 106 valence electrons. The van der Waals surface area contributed by atoms with Gasteiger partial charge >= 0.3 is 0 Å². The molecule has 3 nitrogen and oxygen atoms in total. The second-order valence-corrected chi connectivity index (χ2v) is 6.58. The largest absolute Gasteiger partial charge is 0.337 e. The van der Waals surface area contributed by atoms with Crippen molar-refractivity contribution in [1.29, 1.82) is 0 Å². The van der Waals surface area contributed by atoms with Gasteiger partial charge in [0.2, 0.25) is 0 Å². The Labute approximate surface area is 132 Å². The molecule has 2 aromatic heterocycles. The first kappa shape index (κ1) is 15.3. The predicted octanol–water partition coefficient (Wildman–Crippen LogP) is 4.28. The minimum Gasteiger partial charge on any atom is -0.337 e. The number of amides is 1. The van der Waals surface area contributed by atoms with Crippen LogP contribution < -0.4 is 0 Å². The Morgan fingerprint density at radius 3 is 2.70 bits per heavy atom. The molecule has 0 bridgehead atoms. The molecule has 0 atom stereocenters. The molecule has 0 aliphatic rings. The van der Waals surface area contributed by atoms with Crippen LogP contribution in [0.15, 0.2) is 24.3 Å². The van der Waals surface area contributed by atoms with E-state index in [1.165, 1.54) is 11.3 Å². The third-order valence-electron chi connectivity index (χ3n) is 2.82. The zero-order valence-electron chi connectivity index (χ0n) is 11.2. The summed E-state index contributed by atoms with van der Waals surface area (Å²) in [6.07, 6.45) is 0.741. The van der Waals surface area contributed by atoms with Crippen molar-refractivity contribution in [3.8, 4) is 0 Å². The molecule has 20 heavy (non-hydrogen) atoms. The third kappa shape index (κ3) is 3.72. The molecule has 0 aliphatic heterocycles. The van der Waals surface area contributed by atoms with E-state index in [-0.39, 0.29) is 5.91 Å². The average Bonchev–Trinajstić information content (AvgIpc) is 2.82. The van der Waals surface area contributed by atoms with Gasteiger partial charge in [0, 0.05) is 23.2 Å². The Kier molecular flexibility index (Phi) is 5.02. The highest BCUT2D eigenvalue weighted by molar-refractivity contribution is 7.16. The summed E-state index contributed by atoms with van der Waals surface area (Å²) >= 11 is 13.3. The zero-order valence-corrected chi connectivity index (χ0v) is 13.5. The van der Waals surface area contributed by atoms with E-state index in [9.17, 15) is 4.79 Å². The topological polar surface area (TPSA) is 33.2 Å². The smallest absolute Gasteiger partial charge is 0.254 e. The van der Waals surface area contributed by atoms with Gasteiger partial charge in [0.05, 0.1) is 10.9 Å². The van der Waals surface area contributed by atoms with Crippen molar-refractivity contribution in [2.24, 2.45) is 0 Å². The van der Waals surface area contributed by atoms with Gasteiger partial charge in [-0.15, -0.1) is 11.3 Å². The Bertz CT molecular complexity index is 627. The summed E-state index contributed by atoms with van der Waals surface area (Å²) in [5.74, 6) is -0.0754. The molecule has 0 saturated heterocycles. The maximum absolute atomic E-state index is 12.4. The monoisotopic (exact) mass is 328 g/mol. The molecular formula is C14H14Cl2N2OS. The van der Waals surface area contributed by atoms with Gasteiger partial charge in [-0.2, -0.15) is 0 Å². The molecule has 0 aliphatic carbocycles. The van der Waals surface area contributed by atoms with Gasteiger partial charge in [0.15, 0.2) is 0 Å². The molecule has 0 unspecified atom stereocenters. The number of rotatable bonds is 4. The lowest BCUT2D eigenvalue weighted by molar-refractivity contribution is 0.0786. The molecule has 2 aromatic rings. The van der Waals surface area contributed by atoms with E-state index in [0.29, 0.717) is 17.3 Å². The second kappa shape index (κ2) is 6.57. The standard InChI is InChI=1S/C14H14Cl2N2OS/c1-3-10-6-9(7-12(15)17-10)14(19)18(2)8-11-4-5-13(16)20-11/h4-7H,3,8H2,1-2H3. The number of nitrogens with zero attached hydrogens (tertiary/aromatic N) is 2. The van der Waals surface area contributed by atoms with E-state index < -0.39 is 0 Å². The molecule has 2 heterocycles. The van der Waals surface area contributed by atoms with Gasteiger partial charge in [0.25, 0.3) is 5.91 Å². The van der Waals surface area contributed by atoms with Crippen molar-refractivity contribution < 1.29 is 4.79 Å². The lowest BCUT2D eigenvalue weighted by Gasteiger charge is -2.16. The fourth-order valence-electron chi connectivity index (χ4n) is 1.82. The number of aryl methyl sites for hydroxylation is 1. The highest BCUT2D eigenvalue weighted by atomic mass is 35.5. The van der Waals surface area contributed by atoms with Crippen molar-refractivity contribution in [2.75, 3.05) is 7.05 Å². The van der Waals surface area contributed by atoms with Crippen molar-refractivity contribution in [3.05, 3.63) is 49.9 Å². The van der Waals surface area contributed by atoms with Crippen LogP contribution >= 0.6 is 34.5 Å². The number of thiophene rings is 1. The third-order valence-corrected chi connectivity index (χ3v) is 4.23. The number of aromatic nitrogens is 1. The molecular weight excluding hydrogens is 315 g/mol. The lowest BCUT2D eigenvalue weighted by atomic mass is 10.2. The van der Waals surface area contributed by atoms with Crippen LogP contribution in [0.1, 0.15) is 27.9 Å².